The summed E-state index contributed by atoms with van der Waals surface area (Å²) in [7, 11) is 1.30. The van der Waals surface area contributed by atoms with Gasteiger partial charge in [0.25, 0.3) is 5.91 Å². The average molecular weight is 329 g/mol. The second kappa shape index (κ2) is 6.86. The van der Waals surface area contributed by atoms with Crippen LogP contribution in [0.4, 0.5) is 4.79 Å². The smallest absolute Gasteiger partial charge is 0.417 e. The molecule has 2 aliphatic rings. The van der Waals surface area contributed by atoms with Crippen LogP contribution in [0.3, 0.4) is 0 Å². The maximum absolute atomic E-state index is 12.8. The van der Waals surface area contributed by atoms with E-state index in [1.807, 2.05) is 30.3 Å². The van der Waals surface area contributed by atoms with Gasteiger partial charge < -0.3 is 9.47 Å². The van der Waals surface area contributed by atoms with Crippen molar-refractivity contribution in [2.24, 2.45) is 5.92 Å². The number of allylic oxidation sites excluding steroid dienone is 1. The van der Waals surface area contributed by atoms with Gasteiger partial charge in [-0.05, 0) is 24.8 Å². The van der Waals surface area contributed by atoms with Crippen LogP contribution in [-0.4, -0.2) is 42.6 Å². The first-order chi connectivity index (χ1) is 11.6. The first-order valence-electron chi connectivity index (χ1n) is 7.94. The third kappa shape index (κ3) is 3.04. The van der Waals surface area contributed by atoms with Crippen LogP contribution in [-0.2, 0) is 25.5 Å². The topological polar surface area (TPSA) is 72.9 Å². The number of imide groups is 1. The minimum atomic E-state index is -0.655. The Morgan fingerprint density at radius 3 is 2.75 bits per heavy atom. The summed E-state index contributed by atoms with van der Waals surface area (Å²) < 4.78 is 9.84. The highest BCUT2D eigenvalue weighted by atomic mass is 16.6. The van der Waals surface area contributed by atoms with Crippen molar-refractivity contribution < 1.29 is 23.9 Å². The summed E-state index contributed by atoms with van der Waals surface area (Å²) in [5, 5.41) is 0. The van der Waals surface area contributed by atoms with Gasteiger partial charge in [0, 0.05) is 5.57 Å². The molecule has 1 aromatic rings. The number of methoxy groups -OCH3 is 1. The molecule has 6 nitrogen and oxygen atoms in total. The molecule has 0 bridgehead atoms. The van der Waals surface area contributed by atoms with Crippen LogP contribution in [0.1, 0.15) is 18.4 Å². The molecule has 0 aromatic heterocycles. The molecule has 1 aliphatic carbocycles. The third-order valence-corrected chi connectivity index (χ3v) is 4.42. The van der Waals surface area contributed by atoms with Crippen LogP contribution in [0.5, 0.6) is 0 Å². The maximum Gasteiger partial charge on any atom is 0.417 e. The molecular formula is C18H19NO5. The number of carbonyl (C=O) groups excluding carboxylic acids is 3. The second-order valence-corrected chi connectivity index (χ2v) is 5.91. The van der Waals surface area contributed by atoms with Gasteiger partial charge in [0.05, 0.1) is 19.1 Å². The summed E-state index contributed by atoms with van der Waals surface area (Å²) in [6, 6.07) is 9.24. The first-order valence-corrected chi connectivity index (χ1v) is 7.94. The van der Waals surface area contributed by atoms with E-state index in [-0.39, 0.29) is 12.6 Å². The Morgan fingerprint density at radius 1 is 1.29 bits per heavy atom. The van der Waals surface area contributed by atoms with Crippen LogP contribution in [0, 0.1) is 5.92 Å². The lowest BCUT2D eigenvalue weighted by Crippen LogP contribution is -2.42. The predicted octanol–water partition coefficient (Wildman–Crippen LogP) is 2.09. The molecule has 0 radical (unpaired) electrons. The van der Waals surface area contributed by atoms with Crippen molar-refractivity contribution in [2.75, 3.05) is 13.7 Å². The quantitative estimate of drug-likeness (QED) is 0.791. The lowest BCUT2D eigenvalue weighted by molar-refractivity contribution is -0.145. The zero-order valence-corrected chi connectivity index (χ0v) is 13.4. The predicted molar refractivity (Wildman–Crippen MR) is 85.0 cm³/mol. The number of hydrogen-bond donors (Lipinski definition) is 0. The fourth-order valence-corrected chi connectivity index (χ4v) is 3.21. The molecule has 0 spiro atoms. The maximum atomic E-state index is 12.8. The van der Waals surface area contributed by atoms with Gasteiger partial charge in [0.15, 0.2) is 0 Å². The fraction of sp³-hybridized carbons (Fsp3) is 0.389. The van der Waals surface area contributed by atoms with Crippen molar-refractivity contribution in [3.8, 4) is 0 Å². The van der Waals surface area contributed by atoms with Crippen LogP contribution in [0.15, 0.2) is 42.0 Å². The van der Waals surface area contributed by atoms with E-state index < -0.39 is 23.9 Å². The lowest BCUT2D eigenvalue weighted by Gasteiger charge is -2.22. The Kier molecular flexibility index (Phi) is 4.64. The van der Waals surface area contributed by atoms with Crippen LogP contribution < -0.4 is 0 Å². The largest absolute Gasteiger partial charge is 0.469 e. The number of cyclic esters (lactones) is 1. The number of benzene rings is 1. The normalized spacial score (nSPS) is 23.0. The number of nitrogens with zero attached hydrogens (tertiary/aromatic N) is 1. The molecule has 6 heteroatoms. The summed E-state index contributed by atoms with van der Waals surface area (Å²) in [5.41, 5.74) is 1.35. The highest BCUT2D eigenvalue weighted by molar-refractivity contribution is 6.06. The van der Waals surface area contributed by atoms with Gasteiger partial charge >= 0.3 is 12.1 Å². The van der Waals surface area contributed by atoms with Crippen molar-refractivity contribution in [3.05, 3.63) is 47.5 Å². The van der Waals surface area contributed by atoms with Crippen LogP contribution in [0.2, 0.25) is 0 Å². The standard InChI is InChI=1S/C18H19NO5/c1-23-17(21)15-9-5-8-14(15)16(20)19-13(11-24-18(19)22)10-12-6-3-2-4-7-12/h2-4,6-8,13,15H,5,9-11H2,1H3/t13-,15-/m0/s1. The molecule has 1 aliphatic heterocycles. The SMILES string of the molecule is COC(=O)[C@H]1CCC=C1C(=O)N1C(=O)OC[C@@H]1Cc1ccccc1. The fourth-order valence-electron chi connectivity index (χ4n) is 3.21. The van der Waals surface area contributed by atoms with E-state index in [0.717, 1.165) is 10.5 Å². The van der Waals surface area contributed by atoms with E-state index in [9.17, 15) is 14.4 Å². The van der Waals surface area contributed by atoms with E-state index in [0.29, 0.717) is 24.8 Å². The van der Waals surface area contributed by atoms with Crippen molar-refractivity contribution in [1.29, 1.82) is 0 Å². The van der Waals surface area contributed by atoms with E-state index in [4.69, 9.17) is 9.47 Å². The third-order valence-electron chi connectivity index (χ3n) is 4.42. The van der Waals surface area contributed by atoms with E-state index in [2.05, 4.69) is 0 Å². The van der Waals surface area contributed by atoms with Crippen LogP contribution >= 0.6 is 0 Å². The Bertz CT molecular complexity index is 682. The number of hydrogen-bond acceptors (Lipinski definition) is 5. The van der Waals surface area contributed by atoms with Gasteiger partial charge in [0.2, 0.25) is 0 Å². The molecule has 126 valence electrons. The van der Waals surface area contributed by atoms with Crippen LogP contribution in [0.25, 0.3) is 0 Å². The second-order valence-electron chi connectivity index (χ2n) is 5.91. The number of amides is 2. The molecule has 2 atom stereocenters. The van der Waals surface area contributed by atoms with E-state index in [1.54, 1.807) is 6.08 Å². The Balaban J connectivity index is 1.79. The molecule has 1 fully saturated rings. The zero-order chi connectivity index (χ0) is 17.1. The highest BCUT2D eigenvalue weighted by Gasteiger charge is 2.42. The van der Waals surface area contributed by atoms with Gasteiger partial charge in [-0.25, -0.2) is 9.69 Å². The van der Waals surface area contributed by atoms with Gasteiger partial charge in [0.1, 0.15) is 6.61 Å². The Labute approximate surface area is 140 Å². The van der Waals surface area contributed by atoms with Gasteiger partial charge in [-0.2, -0.15) is 0 Å². The van der Waals surface area contributed by atoms with Crippen molar-refractivity contribution >= 4 is 18.0 Å². The summed E-state index contributed by atoms with van der Waals surface area (Å²) in [6.45, 7) is 0.162. The Morgan fingerprint density at radius 2 is 2.04 bits per heavy atom. The number of esters is 1. The molecule has 24 heavy (non-hydrogen) atoms. The summed E-state index contributed by atoms with van der Waals surface area (Å²) >= 11 is 0. The molecule has 0 saturated carbocycles. The molecule has 1 aromatic carbocycles. The molecule has 0 unspecified atom stereocenters. The summed E-state index contributed by atoms with van der Waals surface area (Å²) in [6.07, 6.45) is 2.73. The number of ether oxygens (including phenoxy) is 2. The molecule has 2 amide bonds. The number of carbonyl (C=O) groups is 3. The monoisotopic (exact) mass is 329 g/mol. The molecule has 1 heterocycles. The van der Waals surface area contributed by atoms with Gasteiger partial charge in [-0.15, -0.1) is 0 Å². The van der Waals surface area contributed by atoms with E-state index in [1.165, 1.54) is 7.11 Å². The van der Waals surface area contributed by atoms with Gasteiger partial charge in [-0.3, -0.25) is 9.59 Å². The van der Waals surface area contributed by atoms with Crippen molar-refractivity contribution in [2.45, 2.75) is 25.3 Å². The summed E-state index contributed by atoms with van der Waals surface area (Å²) in [4.78, 5) is 37.9. The minimum absolute atomic E-state index is 0.162. The molecule has 1 saturated heterocycles. The van der Waals surface area contributed by atoms with Gasteiger partial charge in [-0.1, -0.05) is 36.4 Å². The highest BCUT2D eigenvalue weighted by Crippen LogP contribution is 2.30. The first kappa shape index (κ1) is 16.2. The summed E-state index contributed by atoms with van der Waals surface area (Å²) in [5.74, 6) is -1.50. The van der Waals surface area contributed by atoms with Crippen molar-refractivity contribution in [3.63, 3.8) is 0 Å². The average Bonchev–Trinajstić information content (AvgIpc) is 3.22. The molecule has 3 rings (SSSR count). The van der Waals surface area contributed by atoms with Crippen molar-refractivity contribution in [1.82, 2.24) is 4.90 Å². The Hall–Kier alpha value is -2.63. The lowest BCUT2D eigenvalue weighted by atomic mass is 9.99. The number of rotatable bonds is 4. The van der Waals surface area contributed by atoms with E-state index >= 15 is 0 Å². The molecule has 0 N–H and O–H groups in total. The minimum Gasteiger partial charge on any atom is -0.469 e. The zero-order valence-electron chi connectivity index (χ0n) is 13.4. The molecular weight excluding hydrogens is 310 g/mol.